The summed E-state index contributed by atoms with van der Waals surface area (Å²) in [7, 11) is 0. The van der Waals surface area contributed by atoms with Crippen molar-refractivity contribution in [1.82, 2.24) is 0 Å². The molecule has 0 radical (unpaired) electrons. The fraction of sp³-hybridized carbons (Fsp3) is 0.267. The summed E-state index contributed by atoms with van der Waals surface area (Å²) in [5.74, 6) is 0.277. The van der Waals surface area contributed by atoms with Gasteiger partial charge in [-0.15, -0.1) is 11.3 Å². The number of thiophene rings is 1. The van der Waals surface area contributed by atoms with E-state index < -0.39 is 0 Å². The van der Waals surface area contributed by atoms with Crippen molar-refractivity contribution in [2.45, 2.75) is 20.8 Å². The Labute approximate surface area is 120 Å². The highest BCUT2D eigenvalue weighted by molar-refractivity contribution is 9.10. The first-order valence-corrected chi connectivity index (χ1v) is 7.50. The summed E-state index contributed by atoms with van der Waals surface area (Å²) < 4.78 is 1.07. The van der Waals surface area contributed by atoms with Crippen molar-refractivity contribution in [3.8, 4) is 10.4 Å². The zero-order valence-electron chi connectivity index (χ0n) is 10.7. The van der Waals surface area contributed by atoms with Crippen molar-refractivity contribution < 1.29 is 4.79 Å². The molecule has 0 amide bonds. The molecule has 2 aromatic rings. The van der Waals surface area contributed by atoms with Gasteiger partial charge in [-0.3, -0.25) is 4.79 Å². The third-order valence-electron chi connectivity index (χ3n) is 2.70. The summed E-state index contributed by atoms with van der Waals surface area (Å²) in [5.41, 5.74) is 2.37. The quantitative estimate of drug-likeness (QED) is 0.698. The predicted octanol–water partition coefficient (Wildman–Crippen LogP) is 5.32. The SMILES string of the molecule is Cc1cc(Br)cc(-c2ccc(C(=O)C(C)C)s2)c1. The van der Waals surface area contributed by atoms with Gasteiger partial charge >= 0.3 is 0 Å². The van der Waals surface area contributed by atoms with E-state index in [1.807, 2.05) is 26.0 Å². The second-order valence-electron chi connectivity index (χ2n) is 4.70. The van der Waals surface area contributed by atoms with Crippen LogP contribution < -0.4 is 0 Å². The maximum absolute atomic E-state index is 11.9. The van der Waals surface area contributed by atoms with Crippen molar-refractivity contribution >= 4 is 33.0 Å². The summed E-state index contributed by atoms with van der Waals surface area (Å²) in [6.45, 7) is 5.94. The Kier molecular flexibility index (Phi) is 4.03. The van der Waals surface area contributed by atoms with Crippen LogP contribution >= 0.6 is 27.3 Å². The molecule has 0 N–H and O–H groups in total. The van der Waals surface area contributed by atoms with Crippen molar-refractivity contribution in [2.75, 3.05) is 0 Å². The van der Waals surface area contributed by atoms with Gasteiger partial charge in [0.2, 0.25) is 0 Å². The van der Waals surface area contributed by atoms with Gasteiger partial charge < -0.3 is 0 Å². The van der Waals surface area contributed by atoms with E-state index >= 15 is 0 Å². The average Bonchev–Trinajstić information content (AvgIpc) is 2.75. The lowest BCUT2D eigenvalue weighted by molar-refractivity contribution is 0.0943. The van der Waals surface area contributed by atoms with E-state index in [9.17, 15) is 4.79 Å². The van der Waals surface area contributed by atoms with Gasteiger partial charge in [-0.25, -0.2) is 0 Å². The van der Waals surface area contributed by atoms with Crippen molar-refractivity contribution in [3.63, 3.8) is 0 Å². The highest BCUT2D eigenvalue weighted by atomic mass is 79.9. The van der Waals surface area contributed by atoms with Gasteiger partial charge in [-0.05, 0) is 42.3 Å². The summed E-state index contributed by atoms with van der Waals surface area (Å²) in [6, 6.07) is 10.3. The van der Waals surface area contributed by atoms with Crippen LogP contribution in [0, 0.1) is 12.8 Å². The fourth-order valence-electron chi connectivity index (χ4n) is 1.79. The molecule has 18 heavy (non-hydrogen) atoms. The highest BCUT2D eigenvalue weighted by Gasteiger charge is 2.13. The Balaban J connectivity index is 2.38. The Morgan fingerprint density at radius 3 is 2.56 bits per heavy atom. The Morgan fingerprint density at radius 2 is 1.94 bits per heavy atom. The number of carbonyl (C=O) groups excluding carboxylic acids is 1. The molecule has 1 aromatic heterocycles. The molecule has 0 aliphatic heterocycles. The lowest BCUT2D eigenvalue weighted by Crippen LogP contribution is -2.04. The number of halogens is 1. The predicted molar refractivity (Wildman–Crippen MR) is 81.4 cm³/mol. The molecule has 1 heterocycles. The van der Waals surface area contributed by atoms with Gasteiger partial charge in [0.1, 0.15) is 0 Å². The van der Waals surface area contributed by atoms with Gasteiger partial charge in [0.15, 0.2) is 5.78 Å². The van der Waals surface area contributed by atoms with Crippen LogP contribution in [0.3, 0.4) is 0 Å². The molecule has 3 heteroatoms. The van der Waals surface area contributed by atoms with E-state index in [1.54, 1.807) is 11.3 Å². The third-order valence-corrected chi connectivity index (χ3v) is 4.31. The van der Waals surface area contributed by atoms with Crippen LogP contribution in [0.25, 0.3) is 10.4 Å². The normalized spacial score (nSPS) is 10.9. The van der Waals surface area contributed by atoms with Crippen LogP contribution in [0.15, 0.2) is 34.8 Å². The van der Waals surface area contributed by atoms with Gasteiger partial charge in [0.25, 0.3) is 0 Å². The maximum Gasteiger partial charge on any atom is 0.175 e. The molecule has 0 saturated carbocycles. The number of Topliss-reactive ketones (excluding diaryl/α,β-unsaturated/α-hetero) is 1. The molecule has 0 fully saturated rings. The molecular weight excluding hydrogens is 308 g/mol. The number of hydrogen-bond donors (Lipinski definition) is 0. The largest absolute Gasteiger partial charge is 0.293 e. The minimum atomic E-state index is 0.0562. The highest BCUT2D eigenvalue weighted by Crippen LogP contribution is 2.31. The zero-order valence-corrected chi connectivity index (χ0v) is 13.1. The minimum Gasteiger partial charge on any atom is -0.293 e. The monoisotopic (exact) mass is 322 g/mol. The Hall–Kier alpha value is -0.930. The minimum absolute atomic E-state index is 0.0562. The number of benzene rings is 1. The van der Waals surface area contributed by atoms with Gasteiger partial charge in [-0.2, -0.15) is 0 Å². The first-order valence-electron chi connectivity index (χ1n) is 5.89. The molecule has 2 rings (SSSR count). The number of rotatable bonds is 3. The van der Waals surface area contributed by atoms with Crippen LogP contribution in [-0.2, 0) is 0 Å². The summed E-state index contributed by atoms with van der Waals surface area (Å²) in [6.07, 6.45) is 0. The second kappa shape index (κ2) is 5.37. The van der Waals surface area contributed by atoms with E-state index in [0.29, 0.717) is 0 Å². The molecule has 1 nitrogen and oxygen atoms in total. The van der Waals surface area contributed by atoms with Crippen LogP contribution in [0.1, 0.15) is 29.1 Å². The van der Waals surface area contributed by atoms with E-state index in [2.05, 4.69) is 41.1 Å². The summed E-state index contributed by atoms with van der Waals surface area (Å²) >= 11 is 5.08. The molecule has 0 bridgehead atoms. The van der Waals surface area contributed by atoms with E-state index in [0.717, 1.165) is 19.8 Å². The van der Waals surface area contributed by atoms with Gasteiger partial charge in [0.05, 0.1) is 4.88 Å². The molecule has 0 saturated heterocycles. The molecular formula is C15H15BrOS. The second-order valence-corrected chi connectivity index (χ2v) is 6.70. The lowest BCUT2D eigenvalue weighted by atomic mass is 10.1. The standard InChI is InChI=1S/C15H15BrOS/c1-9(2)15(17)14-5-4-13(18-14)11-6-10(3)7-12(16)8-11/h4-9H,1-3H3. The van der Waals surface area contributed by atoms with Crippen molar-refractivity contribution in [3.05, 3.63) is 45.2 Å². The Bertz CT molecular complexity index is 564. The first-order chi connectivity index (χ1) is 8.47. The molecule has 0 aliphatic carbocycles. The van der Waals surface area contributed by atoms with E-state index in [4.69, 9.17) is 0 Å². The van der Waals surface area contributed by atoms with Crippen LogP contribution in [-0.4, -0.2) is 5.78 Å². The fourth-order valence-corrected chi connectivity index (χ4v) is 3.48. The molecule has 94 valence electrons. The first kappa shape index (κ1) is 13.5. The van der Waals surface area contributed by atoms with Crippen molar-refractivity contribution in [2.24, 2.45) is 5.92 Å². The van der Waals surface area contributed by atoms with Crippen molar-refractivity contribution in [1.29, 1.82) is 0 Å². The average molecular weight is 323 g/mol. The van der Waals surface area contributed by atoms with Gasteiger partial charge in [0, 0.05) is 15.3 Å². The number of aryl methyl sites for hydroxylation is 1. The Morgan fingerprint density at radius 1 is 1.22 bits per heavy atom. The summed E-state index contributed by atoms with van der Waals surface area (Å²) in [4.78, 5) is 13.9. The molecule has 1 aromatic carbocycles. The van der Waals surface area contributed by atoms with Crippen LogP contribution in [0.5, 0.6) is 0 Å². The number of ketones is 1. The molecule has 0 atom stereocenters. The van der Waals surface area contributed by atoms with Crippen LogP contribution in [0.2, 0.25) is 0 Å². The maximum atomic E-state index is 11.9. The topological polar surface area (TPSA) is 17.1 Å². The number of hydrogen-bond acceptors (Lipinski definition) is 2. The molecule has 0 aliphatic rings. The summed E-state index contributed by atoms with van der Waals surface area (Å²) in [5, 5.41) is 0. The lowest BCUT2D eigenvalue weighted by Gasteiger charge is -2.02. The smallest absolute Gasteiger partial charge is 0.175 e. The van der Waals surface area contributed by atoms with E-state index in [-0.39, 0.29) is 11.7 Å². The molecule has 0 unspecified atom stereocenters. The van der Waals surface area contributed by atoms with Crippen LogP contribution in [0.4, 0.5) is 0 Å². The zero-order chi connectivity index (χ0) is 13.3. The van der Waals surface area contributed by atoms with Gasteiger partial charge in [-0.1, -0.05) is 35.8 Å². The third kappa shape index (κ3) is 2.90. The number of carbonyl (C=O) groups is 1. The molecule has 0 spiro atoms. The van der Waals surface area contributed by atoms with E-state index in [1.165, 1.54) is 5.56 Å².